The summed E-state index contributed by atoms with van der Waals surface area (Å²) in [5, 5.41) is 1.93. The number of amides is 1. The largest absolute Gasteiger partial charge is 0.335 e. The molecule has 0 saturated carbocycles. The molecule has 1 saturated heterocycles. The fourth-order valence-corrected chi connectivity index (χ4v) is 4.89. The third kappa shape index (κ3) is 2.73. The van der Waals surface area contributed by atoms with E-state index in [-0.39, 0.29) is 23.5 Å². The molecule has 1 aliphatic rings. The van der Waals surface area contributed by atoms with Gasteiger partial charge in [0.25, 0.3) is 5.91 Å². The molecule has 1 heterocycles. The van der Waals surface area contributed by atoms with Crippen molar-refractivity contribution in [3.05, 3.63) is 48.0 Å². The normalized spacial score (nSPS) is 20.1. The number of carbonyl (C=O) groups is 1. The molecule has 5 heteroatoms. The Morgan fingerprint density at radius 3 is 2.59 bits per heavy atom. The molecule has 3 rings (SSSR count). The molecule has 2 aromatic rings. The quantitative estimate of drug-likeness (QED) is 0.874. The highest BCUT2D eigenvalue weighted by Crippen LogP contribution is 2.24. The molecule has 0 N–H and O–H groups in total. The van der Waals surface area contributed by atoms with Gasteiger partial charge in [-0.15, -0.1) is 0 Å². The summed E-state index contributed by atoms with van der Waals surface area (Å²) in [4.78, 5) is 14.6. The molecule has 1 aliphatic heterocycles. The summed E-state index contributed by atoms with van der Waals surface area (Å²) in [7, 11) is -3.00. The van der Waals surface area contributed by atoms with Gasteiger partial charge in [0.05, 0.1) is 11.5 Å². The molecule has 4 nitrogen and oxygen atoms in total. The van der Waals surface area contributed by atoms with Crippen LogP contribution in [0.5, 0.6) is 0 Å². The van der Waals surface area contributed by atoms with Crippen molar-refractivity contribution < 1.29 is 13.2 Å². The first-order valence-corrected chi connectivity index (χ1v) is 9.33. The maximum atomic E-state index is 12.9. The average molecular weight is 317 g/mol. The minimum Gasteiger partial charge on any atom is -0.335 e. The van der Waals surface area contributed by atoms with Gasteiger partial charge in [0.1, 0.15) is 0 Å². The van der Waals surface area contributed by atoms with E-state index < -0.39 is 9.84 Å². The van der Waals surface area contributed by atoms with Gasteiger partial charge in [-0.1, -0.05) is 36.4 Å². The summed E-state index contributed by atoms with van der Waals surface area (Å²) in [6, 6.07) is 13.2. The second-order valence-electron chi connectivity index (χ2n) is 5.67. The maximum Gasteiger partial charge on any atom is 0.254 e. The highest BCUT2D eigenvalue weighted by molar-refractivity contribution is 7.91. The topological polar surface area (TPSA) is 54.5 Å². The zero-order valence-electron chi connectivity index (χ0n) is 12.5. The van der Waals surface area contributed by atoms with Crippen molar-refractivity contribution in [2.45, 2.75) is 19.4 Å². The molecule has 0 aliphatic carbocycles. The van der Waals surface area contributed by atoms with Crippen LogP contribution in [-0.2, 0) is 9.84 Å². The Bertz CT molecular complexity index is 808. The summed E-state index contributed by atoms with van der Waals surface area (Å²) in [6.45, 7) is 2.41. The van der Waals surface area contributed by atoms with E-state index in [9.17, 15) is 13.2 Å². The summed E-state index contributed by atoms with van der Waals surface area (Å²) in [5.41, 5.74) is 0.643. The van der Waals surface area contributed by atoms with E-state index in [4.69, 9.17) is 0 Å². The smallest absolute Gasteiger partial charge is 0.254 e. The van der Waals surface area contributed by atoms with Gasteiger partial charge >= 0.3 is 0 Å². The monoisotopic (exact) mass is 317 g/mol. The van der Waals surface area contributed by atoms with Crippen LogP contribution in [0.1, 0.15) is 23.7 Å². The average Bonchev–Trinajstić information content (AvgIpc) is 2.87. The Hall–Kier alpha value is -1.88. The minimum absolute atomic E-state index is 0.0807. The molecule has 0 aromatic heterocycles. The first-order chi connectivity index (χ1) is 10.5. The van der Waals surface area contributed by atoms with Crippen LogP contribution >= 0.6 is 0 Å². The predicted molar refractivity (Wildman–Crippen MR) is 87.7 cm³/mol. The van der Waals surface area contributed by atoms with Gasteiger partial charge < -0.3 is 4.90 Å². The Balaban J connectivity index is 1.97. The molecule has 0 radical (unpaired) electrons. The van der Waals surface area contributed by atoms with Crippen molar-refractivity contribution in [2.75, 3.05) is 18.1 Å². The molecular formula is C17H19NO3S. The van der Waals surface area contributed by atoms with Gasteiger partial charge in [0, 0.05) is 18.2 Å². The summed E-state index contributed by atoms with van der Waals surface area (Å²) in [6.07, 6.45) is 0.534. The van der Waals surface area contributed by atoms with E-state index in [2.05, 4.69) is 0 Å². The SMILES string of the molecule is CCN(C(=O)c1cccc2ccccc12)C1CCS(=O)(=O)C1. The summed E-state index contributed by atoms with van der Waals surface area (Å²) in [5.74, 6) is 0.176. The first kappa shape index (κ1) is 15.0. The molecular weight excluding hydrogens is 298 g/mol. The van der Waals surface area contributed by atoms with Gasteiger partial charge in [0.15, 0.2) is 9.84 Å². The Kier molecular flexibility index (Phi) is 3.91. The van der Waals surface area contributed by atoms with Gasteiger partial charge in [-0.3, -0.25) is 4.79 Å². The number of benzene rings is 2. The molecule has 0 bridgehead atoms. The number of hydrogen-bond acceptors (Lipinski definition) is 3. The minimum atomic E-state index is -3.00. The van der Waals surface area contributed by atoms with Crippen LogP contribution in [0.4, 0.5) is 0 Å². The Morgan fingerprint density at radius 1 is 1.18 bits per heavy atom. The van der Waals surface area contributed by atoms with Crippen LogP contribution in [0.25, 0.3) is 10.8 Å². The molecule has 0 spiro atoms. The summed E-state index contributed by atoms with van der Waals surface area (Å²) < 4.78 is 23.4. The number of fused-ring (bicyclic) bond motifs is 1. The van der Waals surface area contributed by atoms with Crippen LogP contribution in [0.2, 0.25) is 0 Å². The van der Waals surface area contributed by atoms with E-state index in [1.54, 1.807) is 4.90 Å². The first-order valence-electron chi connectivity index (χ1n) is 7.51. The molecule has 22 heavy (non-hydrogen) atoms. The van der Waals surface area contributed by atoms with Crippen LogP contribution in [0.3, 0.4) is 0 Å². The van der Waals surface area contributed by atoms with E-state index in [1.807, 2.05) is 49.4 Å². The lowest BCUT2D eigenvalue weighted by Crippen LogP contribution is -2.41. The number of rotatable bonds is 3. The number of nitrogens with zero attached hydrogens (tertiary/aromatic N) is 1. The second kappa shape index (κ2) is 5.72. The van der Waals surface area contributed by atoms with Gasteiger partial charge in [-0.05, 0) is 30.2 Å². The number of sulfone groups is 1. The third-order valence-corrected chi connectivity index (χ3v) is 6.02. The fourth-order valence-electron chi connectivity index (χ4n) is 3.16. The van der Waals surface area contributed by atoms with Gasteiger partial charge in [0.2, 0.25) is 0 Å². The van der Waals surface area contributed by atoms with E-state index in [0.29, 0.717) is 18.5 Å². The lowest BCUT2D eigenvalue weighted by Gasteiger charge is -2.27. The fraction of sp³-hybridized carbons (Fsp3) is 0.353. The van der Waals surface area contributed by atoms with E-state index in [0.717, 1.165) is 10.8 Å². The van der Waals surface area contributed by atoms with Crippen molar-refractivity contribution in [1.82, 2.24) is 4.90 Å². The standard InChI is InChI=1S/C17H19NO3S/c1-2-18(14-10-11-22(20,21)12-14)17(19)16-9-5-7-13-6-3-4-8-15(13)16/h3-9,14H,2,10-12H2,1H3. The van der Waals surface area contributed by atoms with Gasteiger partial charge in [-0.25, -0.2) is 8.42 Å². The van der Waals surface area contributed by atoms with Crippen molar-refractivity contribution in [3.63, 3.8) is 0 Å². The van der Waals surface area contributed by atoms with Gasteiger partial charge in [-0.2, -0.15) is 0 Å². The second-order valence-corrected chi connectivity index (χ2v) is 7.90. The van der Waals surface area contributed by atoms with Crippen LogP contribution in [0.15, 0.2) is 42.5 Å². The zero-order valence-corrected chi connectivity index (χ0v) is 13.3. The highest BCUT2D eigenvalue weighted by Gasteiger charge is 2.34. The number of hydrogen-bond donors (Lipinski definition) is 0. The molecule has 1 amide bonds. The molecule has 1 fully saturated rings. The summed E-state index contributed by atoms with van der Waals surface area (Å²) >= 11 is 0. The van der Waals surface area contributed by atoms with E-state index >= 15 is 0 Å². The lowest BCUT2D eigenvalue weighted by molar-refractivity contribution is 0.0710. The van der Waals surface area contributed by atoms with Crippen LogP contribution in [0, 0.1) is 0 Å². The molecule has 1 atom stereocenters. The van der Waals surface area contributed by atoms with Crippen LogP contribution < -0.4 is 0 Å². The van der Waals surface area contributed by atoms with Crippen molar-refractivity contribution in [3.8, 4) is 0 Å². The van der Waals surface area contributed by atoms with Crippen molar-refractivity contribution >= 4 is 26.5 Å². The zero-order chi connectivity index (χ0) is 15.7. The van der Waals surface area contributed by atoms with Crippen LogP contribution in [-0.4, -0.2) is 43.3 Å². The predicted octanol–water partition coefficient (Wildman–Crippen LogP) is 2.49. The maximum absolute atomic E-state index is 12.9. The highest BCUT2D eigenvalue weighted by atomic mass is 32.2. The number of carbonyl (C=O) groups excluding carboxylic acids is 1. The third-order valence-electron chi connectivity index (χ3n) is 4.27. The molecule has 1 unspecified atom stereocenters. The molecule has 2 aromatic carbocycles. The van der Waals surface area contributed by atoms with Crippen molar-refractivity contribution in [2.24, 2.45) is 0 Å². The van der Waals surface area contributed by atoms with E-state index in [1.165, 1.54) is 0 Å². The Labute approximate surface area is 130 Å². The molecule has 116 valence electrons. The van der Waals surface area contributed by atoms with Crippen molar-refractivity contribution in [1.29, 1.82) is 0 Å². The Morgan fingerprint density at radius 2 is 1.91 bits per heavy atom. The lowest BCUT2D eigenvalue weighted by atomic mass is 10.0.